The minimum atomic E-state index is -0.826. The number of benzene rings is 3. The van der Waals surface area contributed by atoms with E-state index in [9.17, 15) is 0 Å². The van der Waals surface area contributed by atoms with Gasteiger partial charge < -0.3 is 0 Å². The van der Waals surface area contributed by atoms with Crippen LogP contribution in [-0.4, -0.2) is 9.52 Å². The summed E-state index contributed by atoms with van der Waals surface area (Å²) in [6.07, 6.45) is 10.3. The van der Waals surface area contributed by atoms with E-state index in [0.29, 0.717) is 0 Å². The predicted molar refractivity (Wildman–Crippen MR) is 180 cm³/mol. The predicted octanol–water partition coefficient (Wildman–Crippen LogP) is 12.4. The van der Waals surface area contributed by atoms with Gasteiger partial charge in [-0.2, -0.15) is 23.6 Å². The van der Waals surface area contributed by atoms with E-state index in [2.05, 4.69) is 124 Å². The standard InChI is InChI=1S/C25H31.C9H7.C2H6Si.2ClH.Zr/c1-3-5-7-8-11-20-14-16-22(17-15-20)24-13-9-12-23-18-21(10-6-4-2)19-25(23)24;1-2-5-9-7-3-6-8(9)4-1;1-3-2;;;/h9,12-19H,3-8,10-11H2,1-2H3;1-7H;1-2H3;2*1H;/q2*-1;;;;+4/p-2. The van der Waals surface area contributed by atoms with Crippen LogP contribution in [0.5, 0.6) is 0 Å². The van der Waals surface area contributed by atoms with Gasteiger partial charge in [0.1, 0.15) is 0 Å². The number of aryl methyl sites for hydroxylation is 2. The Hall–Kier alpha value is -1.44. The average molecular weight is 667 g/mol. The van der Waals surface area contributed by atoms with Gasteiger partial charge in [0.25, 0.3) is 0 Å². The van der Waals surface area contributed by atoms with Crippen molar-refractivity contribution in [2.45, 2.75) is 78.3 Å². The molecule has 0 spiro atoms. The molecule has 0 saturated heterocycles. The van der Waals surface area contributed by atoms with Gasteiger partial charge in [-0.05, 0) is 30.4 Å². The van der Waals surface area contributed by atoms with E-state index < -0.39 is 20.8 Å². The third-order valence-electron chi connectivity index (χ3n) is 6.76. The Morgan fingerprint density at radius 2 is 1.40 bits per heavy atom. The molecule has 0 saturated carbocycles. The summed E-state index contributed by atoms with van der Waals surface area (Å²) < 4.78 is 0. The Morgan fingerprint density at radius 3 is 2.08 bits per heavy atom. The van der Waals surface area contributed by atoms with Crippen molar-refractivity contribution in [1.82, 2.24) is 0 Å². The van der Waals surface area contributed by atoms with Crippen molar-refractivity contribution in [3.8, 4) is 11.1 Å². The molecule has 0 aliphatic heterocycles. The normalized spacial score (nSPS) is 10.1. The van der Waals surface area contributed by atoms with Crippen molar-refractivity contribution in [1.29, 1.82) is 0 Å². The molecule has 210 valence electrons. The summed E-state index contributed by atoms with van der Waals surface area (Å²) in [4.78, 5) is 0. The molecular formula is C36H44Cl2SiZr. The Balaban J connectivity index is 0.000000305. The molecule has 0 atom stereocenters. The molecule has 5 aromatic rings. The van der Waals surface area contributed by atoms with Crippen molar-refractivity contribution in [2.24, 2.45) is 0 Å². The Kier molecular flexibility index (Phi) is 18.5. The SMILES string of the molecule is CCCCCCc1ccc(-c2cccc3[cH-]c(CCCC)cc23)cc1.C[Si]C.[Cl][Zr+2][Cl].c1ccc2[cH-]ccc2c1. The molecule has 0 nitrogen and oxygen atoms in total. The minimum absolute atomic E-state index is 0.826. The minimum Gasteiger partial charge on any atom is -0.168 e. The monoisotopic (exact) mass is 664 g/mol. The van der Waals surface area contributed by atoms with Crippen LogP contribution in [0.25, 0.3) is 32.7 Å². The zero-order valence-corrected chi connectivity index (χ0v) is 29.6. The second-order valence-electron chi connectivity index (χ2n) is 10.0. The third-order valence-corrected chi connectivity index (χ3v) is 6.76. The Morgan fingerprint density at radius 1 is 0.725 bits per heavy atom. The third kappa shape index (κ3) is 12.2. The number of hydrogen-bond acceptors (Lipinski definition) is 0. The summed E-state index contributed by atoms with van der Waals surface area (Å²) in [5, 5.41) is 5.45. The molecule has 0 aliphatic rings. The zero-order chi connectivity index (χ0) is 29.0. The largest absolute Gasteiger partial charge is 0.168 e. The molecule has 0 fully saturated rings. The first-order valence-corrected chi connectivity index (χ1v) is 22.9. The fourth-order valence-electron chi connectivity index (χ4n) is 4.75. The summed E-state index contributed by atoms with van der Waals surface area (Å²) in [5.41, 5.74) is 5.67. The van der Waals surface area contributed by atoms with E-state index >= 15 is 0 Å². The van der Waals surface area contributed by atoms with E-state index in [1.165, 1.54) is 95.2 Å². The number of halogens is 2. The second kappa shape index (κ2) is 21.3. The first-order chi connectivity index (χ1) is 19.6. The molecule has 0 bridgehead atoms. The van der Waals surface area contributed by atoms with Gasteiger partial charge in [-0.15, -0.1) is 64.2 Å². The zero-order valence-electron chi connectivity index (χ0n) is 24.7. The van der Waals surface area contributed by atoms with E-state index in [4.69, 9.17) is 17.0 Å². The molecule has 0 aromatic heterocycles. The van der Waals surface area contributed by atoms with Gasteiger partial charge in [0.15, 0.2) is 0 Å². The molecule has 0 amide bonds. The number of fused-ring (bicyclic) bond motifs is 2. The fraction of sp³-hybridized carbons (Fsp3) is 0.333. The molecule has 0 unspecified atom stereocenters. The van der Waals surface area contributed by atoms with Crippen LogP contribution in [0.1, 0.15) is 63.5 Å². The van der Waals surface area contributed by atoms with E-state index in [-0.39, 0.29) is 0 Å². The maximum atomic E-state index is 4.93. The van der Waals surface area contributed by atoms with Gasteiger partial charge in [-0.25, -0.2) is 0 Å². The van der Waals surface area contributed by atoms with Crippen molar-refractivity contribution in [3.05, 3.63) is 108 Å². The summed E-state index contributed by atoms with van der Waals surface area (Å²) in [6.45, 7) is 8.84. The van der Waals surface area contributed by atoms with E-state index in [1.54, 1.807) is 0 Å². The number of rotatable bonds is 9. The maximum absolute atomic E-state index is 4.93. The van der Waals surface area contributed by atoms with Gasteiger partial charge >= 0.3 is 37.9 Å². The molecule has 5 rings (SSSR count). The summed E-state index contributed by atoms with van der Waals surface area (Å²) in [6, 6.07) is 35.4. The Labute approximate surface area is 264 Å². The molecule has 40 heavy (non-hydrogen) atoms. The van der Waals surface area contributed by atoms with Crippen LogP contribution in [-0.2, 0) is 33.7 Å². The van der Waals surface area contributed by atoms with Crippen molar-refractivity contribution in [2.75, 3.05) is 0 Å². The van der Waals surface area contributed by atoms with Gasteiger partial charge in [0.2, 0.25) is 0 Å². The fourth-order valence-corrected chi connectivity index (χ4v) is 4.75. The van der Waals surface area contributed by atoms with Crippen LogP contribution in [0.3, 0.4) is 0 Å². The van der Waals surface area contributed by atoms with Crippen molar-refractivity contribution in [3.63, 3.8) is 0 Å². The molecular weight excluding hydrogens is 623 g/mol. The van der Waals surface area contributed by atoms with Gasteiger partial charge in [-0.1, -0.05) is 101 Å². The summed E-state index contributed by atoms with van der Waals surface area (Å²) >= 11 is -0.826. The average Bonchev–Trinajstić information content (AvgIpc) is 3.63. The van der Waals surface area contributed by atoms with Crippen LogP contribution in [0.4, 0.5) is 0 Å². The van der Waals surface area contributed by atoms with E-state index in [1.807, 2.05) is 0 Å². The summed E-state index contributed by atoms with van der Waals surface area (Å²) in [5.74, 6) is 0. The maximum Gasteiger partial charge on any atom is -0.0809 e. The first kappa shape index (κ1) is 34.8. The topological polar surface area (TPSA) is 0 Å². The first-order valence-electron chi connectivity index (χ1n) is 14.5. The molecule has 5 aromatic carbocycles. The summed E-state index contributed by atoms with van der Waals surface area (Å²) in [7, 11) is 11.0. The molecule has 0 heterocycles. The van der Waals surface area contributed by atoms with Crippen LogP contribution in [0, 0.1) is 0 Å². The molecule has 0 N–H and O–H groups in total. The van der Waals surface area contributed by atoms with Gasteiger partial charge in [0, 0.05) is 9.52 Å². The number of unbranched alkanes of at least 4 members (excludes halogenated alkanes) is 4. The quantitative estimate of drug-likeness (QED) is 0.0834. The van der Waals surface area contributed by atoms with Gasteiger partial charge in [0.05, 0.1) is 0 Å². The van der Waals surface area contributed by atoms with Crippen LogP contribution in [0.15, 0.2) is 97.1 Å². The molecule has 2 radical (unpaired) electrons. The molecule has 0 aliphatic carbocycles. The number of hydrogen-bond donors (Lipinski definition) is 0. The van der Waals surface area contributed by atoms with E-state index in [0.717, 1.165) is 9.52 Å². The van der Waals surface area contributed by atoms with Crippen LogP contribution >= 0.6 is 17.0 Å². The van der Waals surface area contributed by atoms with Crippen molar-refractivity contribution < 1.29 is 20.8 Å². The van der Waals surface area contributed by atoms with Crippen molar-refractivity contribution >= 4 is 48.1 Å². The van der Waals surface area contributed by atoms with Crippen LogP contribution < -0.4 is 0 Å². The van der Waals surface area contributed by atoms with Gasteiger partial charge in [-0.3, -0.25) is 0 Å². The Bertz CT molecular complexity index is 1290. The molecule has 4 heteroatoms. The second-order valence-corrected chi connectivity index (χ2v) is 14.7. The van der Waals surface area contributed by atoms with Crippen LogP contribution in [0.2, 0.25) is 13.1 Å². The smallest absolute Gasteiger partial charge is 0.0809 e.